The van der Waals surface area contributed by atoms with Crippen molar-refractivity contribution in [2.75, 3.05) is 6.61 Å². The monoisotopic (exact) mass is 331 g/mol. The molecule has 0 radical (unpaired) electrons. The van der Waals surface area contributed by atoms with E-state index in [2.05, 4.69) is 10.3 Å². The maximum atomic E-state index is 12.5. The minimum atomic E-state index is -0.928. The van der Waals surface area contributed by atoms with Gasteiger partial charge in [-0.1, -0.05) is 6.07 Å². The molecule has 2 rings (SSSR count). The third kappa shape index (κ3) is 4.81. The molecule has 0 bridgehead atoms. The topological polar surface area (TPSA) is 93.8 Å². The number of nitrogens with two attached hydrogens (primary N) is 1. The van der Waals surface area contributed by atoms with Crippen LogP contribution >= 0.6 is 0 Å². The van der Waals surface area contributed by atoms with Gasteiger partial charge in [0, 0.05) is 12.5 Å². The number of carbonyl (C=O) groups excluding carboxylic acids is 2. The Kier molecular flexibility index (Phi) is 5.26. The van der Waals surface area contributed by atoms with Gasteiger partial charge in [-0.25, -0.2) is 0 Å². The SMILES string of the molecule is CC(=O)N=C(N)C(C)(C)NC(=O)c1ccc(C)c(OCC2CC2)c1. The van der Waals surface area contributed by atoms with Gasteiger partial charge in [-0.15, -0.1) is 0 Å². The predicted molar refractivity (Wildman–Crippen MR) is 93.2 cm³/mol. The molecule has 24 heavy (non-hydrogen) atoms. The zero-order valence-corrected chi connectivity index (χ0v) is 14.7. The Morgan fingerprint density at radius 3 is 2.62 bits per heavy atom. The number of hydrogen-bond donors (Lipinski definition) is 2. The zero-order valence-electron chi connectivity index (χ0n) is 14.7. The van der Waals surface area contributed by atoms with Crippen LogP contribution in [0.1, 0.15) is 49.5 Å². The highest BCUT2D eigenvalue weighted by molar-refractivity contribution is 6.03. The molecule has 1 aliphatic rings. The molecule has 0 saturated heterocycles. The first-order valence-electron chi connectivity index (χ1n) is 8.10. The molecule has 130 valence electrons. The Hall–Kier alpha value is -2.37. The fourth-order valence-corrected chi connectivity index (χ4v) is 2.12. The van der Waals surface area contributed by atoms with E-state index < -0.39 is 11.4 Å². The number of carbonyl (C=O) groups is 2. The molecule has 0 aromatic heterocycles. The van der Waals surface area contributed by atoms with Crippen LogP contribution in [0.4, 0.5) is 0 Å². The summed E-state index contributed by atoms with van der Waals surface area (Å²) < 4.78 is 5.81. The highest BCUT2D eigenvalue weighted by Crippen LogP contribution is 2.30. The summed E-state index contributed by atoms with van der Waals surface area (Å²) in [5.74, 6) is 0.737. The standard InChI is InChI=1S/C18H25N3O3/c1-11-5-8-14(9-15(11)24-10-13-6-7-13)16(23)21-18(3,4)17(19)20-12(2)22/h5,8-9,13H,6-7,10H2,1-4H3,(H,21,23)(H2,19,20,22). The summed E-state index contributed by atoms with van der Waals surface area (Å²) in [4.78, 5) is 27.3. The van der Waals surface area contributed by atoms with E-state index in [4.69, 9.17) is 10.5 Å². The first kappa shape index (κ1) is 18.0. The third-order valence-corrected chi connectivity index (χ3v) is 3.97. The van der Waals surface area contributed by atoms with Gasteiger partial charge in [0.1, 0.15) is 11.6 Å². The van der Waals surface area contributed by atoms with Crippen LogP contribution in [0.3, 0.4) is 0 Å². The quantitative estimate of drug-likeness (QED) is 0.617. The summed E-state index contributed by atoms with van der Waals surface area (Å²) >= 11 is 0. The van der Waals surface area contributed by atoms with Crippen LogP contribution in [0.5, 0.6) is 5.75 Å². The Labute approximate surface area is 142 Å². The van der Waals surface area contributed by atoms with E-state index in [1.54, 1.807) is 26.0 Å². The van der Waals surface area contributed by atoms with E-state index in [1.165, 1.54) is 19.8 Å². The minimum Gasteiger partial charge on any atom is -0.493 e. The lowest BCUT2D eigenvalue weighted by atomic mass is 10.0. The van der Waals surface area contributed by atoms with Gasteiger partial charge in [-0.2, -0.15) is 4.99 Å². The van der Waals surface area contributed by atoms with Crippen LogP contribution in [0.15, 0.2) is 23.2 Å². The van der Waals surface area contributed by atoms with Gasteiger partial charge in [0.2, 0.25) is 5.91 Å². The molecular formula is C18H25N3O3. The molecule has 6 nitrogen and oxygen atoms in total. The van der Waals surface area contributed by atoms with Crippen LogP contribution < -0.4 is 15.8 Å². The Balaban J connectivity index is 2.10. The van der Waals surface area contributed by atoms with Crippen LogP contribution in [-0.4, -0.2) is 29.8 Å². The molecular weight excluding hydrogens is 306 g/mol. The van der Waals surface area contributed by atoms with Crippen molar-refractivity contribution in [3.8, 4) is 5.75 Å². The van der Waals surface area contributed by atoms with Crippen molar-refractivity contribution in [3.05, 3.63) is 29.3 Å². The van der Waals surface area contributed by atoms with E-state index in [0.29, 0.717) is 18.1 Å². The van der Waals surface area contributed by atoms with Crippen molar-refractivity contribution in [2.24, 2.45) is 16.6 Å². The lowest BCUT2D eigenvalue weighted by molar-refractivity contribution is -0.115. The van der Waals surface area contributed by atoms with Gasteiger partial charge in [0.15, 0.2) is 0 Å². The summed E-state index contributed by atoms with van der Waals surface area (Å²) in [6, 6.07) is 5.33. The second-order valence-electron chi connectivity index (χ2n) is 6.83. The summed E-state index contributed by atoms with van der Waals surface area (Å²) in [6.45, 7) is 7.35. The number of nitrogens with one attached hydrogen (secondary N) is 1. The van der Waals surface area contributed by atoms with Crippen molar-refractivity contribution in [1.82, 2.24) is 5.32 Å². The van der Waals surface area contributed by atoms with E-state index >= 15 is 0 Å². The number of ether oxygens (including phenoxy) is 1. The Morgan fingerprint density at radius 2 is 2.04 bits per heavy atom. The maximum absolute atomic E-state index is 12.5. The largest absolute Gasteiger partial charge is 0.493 e. The van der Waals surface area contributed by atoms with E-state index in [-0.39, 0.29) is 11.7 Å². The molecule has 0 spiro atoms. The lowest BCUT2D eigenvalue weighted by Gasteiger charge is -2.25. The summed E-state index contributed by atoms with van der Waals surface area (Å²) in [5, 5.41) is 2.80. The number of aliphatic imine (C=N–C) groups is 1. The number of hydrogen-bond acceptors (Lipinski definition) is 3. The number of nitrogens with zero attached hydrogens (tertiary/aromatic N) is 1. The Morgan fingerprint density at radius 1 is 1.38 bits per heavy atom. The van der Waals surface area contributed by atoms with Crippen LogP contribution in [0, 0.1) is 12.8 Å². The average Bonchev–Trinajstić information content (AvgIpc) is 3.29. The van der Waals surface area contributed by atoms with Crippen LogP contribution in [0.25, 0.3) is 0 Å². The van der Waals surface area contributed by atoms with Crippen molar-refractivity contribution in [1.29, 1.82) is 0 Å². The van der Waals surface area contributed by atoms with Gasteiger partial charge >= 0.3 is 0 Å². The fraction of sp³-hybridized carbons (Fsp3) is 0.500. The molecule has 0 unspecified atom stereocenters. The normalized spacial score (nSPS) is 15.1. The molecule has 1 saturated carbocycles. The van der Waals surface area contributed by atoms with E-state index in [1.807, 2.05) is 13.0 Å². The number of amides is 2. The van der Waals surface area contributed by atoms with E-state index in [0.717, 1.165) is 11.3 Å². The molecule has 0 heterocycles. The van der Waals surface area contributed by atoms with Gasteiger partial charge < -0.3 is 15.8 Å². The van der Waals surface area contributed by atoms with Gasteiger partial charge in [0.25, 0.3) is 5.91 Å². The first-order valence-corrected chi connectivity index (χ1v) is 8.10. The summed E-state index contributed by atoms with van der Waals surface area (Å²) in [7, 11) is 0. The molecule has 1 fully saturated rings. The predicted octanol–water partition coefficient (Wildman–Crippen LogP) is 2.20. The van der Waals surface area contributed by atoms with Crippen LogP contribution in [0.2, 0.25) is 0 Å². The van der Waals surface area contributed by atoms with E-state index in [9.17, 15) is 9.59 Å². The fourth-order valence-electron chi connectivity index (χ4n) is 2.12. The van der Waals surface area contributed by atoms with Gasteiger partial charge in [0.05, 0.1) is 12.1 Å². The summed E-state index contributed by atoms with van der Waals surface area (Å²) in [5.41, 5.74) is 6.35. The third-order valence-electron chi connectivity index (χ3n) is 3.97. The number of amidine groups is 1. The van der Waals surface area contributed by atoms with Crippen molar-refractivity contribution in [3.63, 3.8) is 0 Å². The molecule has 2 amide bonds. The zero-order chi connectivity index (χ0) is 17.9. The molecule has 0 atom stereocenters. The molecule has 3 N–H and O–H groups in total. The van der Waals surface area contributed by atoms with Gasteiger partial charge in [-0.05, 0) is 57.2 Å². The Bertz CT molecular complexity index is 676. The summed E-state index contributed by atoms with van der Waals surface area (Å²) in [6.07, 6.45) is 2.42. The minimum absolute atomic E-state index is 0.0701. The van der Waals surface area contributed by atoms with Gasteiger partial charge in [-0.3, -0.25) is 9.59 Å². The molecule has 6 heteroatoms. The van der Waals surface area contributed by atoms with Crippen molar-refractivity contribution in [2.45, 2.75) is 46.1 Å². The highest BCUT2D eigenvalue weighted by Gasteiger charge is 2.27. The number of aryl methyl sites for hydroxylation is 1. The molecule has 0 aliphatic heterocycles. The average molecular weight is 331 g/mol. The smallest absolute Gasteiger partial charge is 0.252 e. The maximum Gasteiger partial charge on any atom is 0.252 e. The molecule has 1 aromatic carbocycles. The second kappa shape index (κ2) is 7.03. The molecule has 1 aromatic rings. The highest BCUT2D eigenvalue weighted by atomic mass is 16.5. The van der Waals surface area contributed by atoms with Crippen molar-refractivity contribution >= 4 is 17.6 Å². The molecule has 1 aliphatic carbocycles. The second-order valence-corrected chi connectivity index (χ2v) is 6.83. The van der Waals surface area contributed by atoms with Crippen LogP contribution in [-0.2, 0) is 4.79 Å². The lowest BCUT2D eigenvalue weighted by Crippen LogP contribution is -2.53. The first-order chi connectivity index (χ1) is 11.2. The van der Waals surface area contributed by atoms with Crippen molar-refractivity contribution < 1.29 is 14.3 Å². The number of benzene rings is 1. The number of rotatable bonds is 6.